The Hall–Kier alpha value is -1.07. The third kappa shape index (κ3) is 2.25. The van der Waals surface area contributed by atoms with Crippen molar-refractivity contribution < 1.29 is 8.42 Å². The molecule has 1 saturated heterocycles. The van der Waals surface area contributed by atoms with Crippen molar-refractivity contribution in [3.05, 3.63) is 29.3 Å². The number of hydrogen-bond donors (Lipinski definition) is 0. The van der Waals surface area contributed by atoms with E-state index in [2.05, 4.69) is 12.1 Å². The van der Waals surface area contributed by atoms with E-state index in [0.29, 0.717) is 19.6 Å². The van der Waals surface area contributed by atoms with E-state index in [1.807, 2.05) is 13.0 Å². The summed E-state index contributed by atoms with van der Waals surface area (Å²) in [4.78, 5) is 0. The number of benzene rings is 1. The van der Waals surface area contributed by atoms with Crippen LogP contribution in [0.5, 0.6) is 0 Å². The average Bonchev–Trinajstić information content (AvgIpc) is 2.92. The van der Waals surface area contributed by atoms with Crippen LogP contribution in [-0.2, 0) is 16.6 Å². The first kappa shape index (κ1) is 12.9. The first-order valence-electron chi connectivity index (χ1n) is 6.96. The predicted molar refractivity (Wildman–Crippen MR) is 76.6 cm³/mol. The lowest BCUT2D eigenvalue weighted by Crippen LogP contribution is -2.44. The zero-order valence-corrected chi connectivity index (χ0v) is 12.1. The van der Waals surface area contributed by atoms with Gasteiger partial charge in [0.1, 0.15) is 0 Å². The van der Waals surface area contributed by atoms with Crippen molar-refractivity contribution >= 4 is 15.9 Å². The summed E-state index contributed by atoms with van der Waals surface area (Å²) in [6, 6.07) is 6.13. The molecular weight excluding hydrogens is 260 g/mol. The minimum absolute atomic E-state index is 0.606. The van der Waals surface area contributed by atoms with E-state index >= 15 is 0 Å². The molecule has 0 aliphatic carbocycles. The largest absolute Gasteiger partial charge is 0.304 e. The highest BCUT2D eigenvalue weighted by Gasteiger charge is 2.34. The molecule has 0 spiro atoms. The molecule has 1 fully saturated rings. The second-order valence-electron chi connectivity index (χ2n) is 5.42. The average molecular weight is 280 g/mol. The quantitative estimate of drug-likeness (QED) is 0.832. The maximum Gasteiger partial charge on any atom is 0.304 e. The first-order valence-corrected chi connectivity index (χ1v) is 8.36. The van der Waals surface area contributed by atoms with Gasteiger partial charge in [-0.3, -0.25) is 4.31 Å². The molecule has 0 atom stereocenters. The van der Waals surface area contributed by atoms with Gasteiger partial charge in [-0.2, -0.15) is 12.7 Å². The number of hydrogen-bond acceptors (Lipinski definition) is 2. The number of anilines is 1. The van der Waals surface area contributed by atoms with Gasteiger partial charge in [0.05, 0.1) is 5.69 Å². The zero-order chi connectivity index (χ0) is 13.5. The molecule has 1 aromatic rings. The SMILES string of the molecule is Cc1ccc2c(c1)N(S(=O)(=O)N1CCCC1)CCC2. The molecule has 0 unspecified atom stereocenters. The summed E-state index contributed by atoms with van der Waals surface area (Å²) in [5.74, 6) is 0. The summed E-state index contributed by atoms with van der Waals surface area (Å²) in [6.07, 6.45) is 3.84. The van der Waals surface area contributed by atoms with Gasteiger partial charge in [0, 0.05) is 19.6 Å². The molecule has 0 N–H and O–H groups in total. The molecule has 4 nitrogen and oxygen atoms in total. The molecular formula is C14H20N2O2S. The van der Waals surface area contributed by atoms with E-state index in [1.165, 1.54) is 0 Å². The number of rotatable bonds is 2. The summed E-state index contributed by atoms with van der Waals surface area (Å²) in [5.41, 5.74) is 3.15. The summed E-state index contributed by atoms with van der Waals surface area (Å²) in [5, 5.41) is 0. The summed E-state index contributed by atoms with van der Waals surface area (Å²) >= 11 is 0. The van der Waals surface area contributed by atoms with E-state index in [-0.39, 0.29) is 0 Å². The molecule has 0 saturated carbocycles. The fourth-order valence-electron chi connectivity index (χ4n) is 2.95. The summed E-state index contributed by atoms with van der Waals surface area (Å²) in [7, 11) is -3.33. The molecule has 2 aliphatic rings. The molecule has 1 aromatic carbocycles. The van der Waals surface area contributed by atoms with Crippen LogP contribution in [0, 0.1) is 6.92 Å². The van der Waals surface area contributed by atoms with E-state index in [4.69, 9.17) is 0 Å². The van der Waals surface area contributed by atoms with Crippen LogP contribution in [0.3, 0.4) is 0 Å². The highest BCUT2D eigenvalue weighted by molar-refractivity contribution is 7.90. The molecule has 104 valence electrons. The Bertz CT molecular complexity index is 577. The Morgan fingerprint density at radius 1 is 1.05 bits per heavy atom. The second kappa shape index (κ2) is 4.80. The standard InChI is InChI=1S/C14H20N2O2S/c1-12-6-7-13-5-4-10-16(14(13)11-12)19(17,18)15-8-2-3-9-15/h6-7,11H,2-5,8-10H2,1H3. The molecule has 0 bridgehead atoms. The number of nitrogens with zero attached hydrogens (tertiary/aromatic N) is 2. The highest BCUT2D eigenvalue weighted by atomic mass is 32.2. The lowest BCUT2D eigenvalue weighted by atomic mass is 10.0. The van der Waals surface area contributed by atoms with Crippen LogP contribution in [0.1, 0.15) is 30.4 Å². The van der Waals surface area contributed by atoms with Crippen molar-refractivity contribution in [2.75, 3.05) is 23.9 Å². The van der Waals surface area contributed by atoms with Gasteiger partial charge >= 0.3 is 10.2 Å². The smallest absolute Gasteiger partial charge is 0.257 e. The van der Waals surface area contributed by atoms with E-state index < -0.39 is 10.2 Å². The van der Waals surface area contributed by atoms with Gasteiger partial charge in [-0.1, -0.05) is 12.1 Å². The van der Waals surface area contributed by atoms with Crippen molar-refractivity contribution in [1.29, 1.82) is 0 Å². The van der Waals surface area contributed by atoms with Crippen molar-refractivity contribution in [2.24, 2.45) is 0 Å². The lowest BCUT2D eigenvalue weighted by Gasteiger charge is -2.33. The maximum absolute atomic E-state index is 12.7. The second-order valence-corrected chi connectivity index (χ2v) is 7.27. The molecule has 0 amide bonds. The number of aryl methyl sites for hydroxylation is 2. The minimum atomic E-state index is -3.33. The molecule has 2 aliphatic heterocycles. The van der Waals surface area contributed by atoms with E-state index in [0.717, 1.165) is 42.5 Å². The van der Waals surface area contributed by atoms with Crippen LogP contribution in [0.25, 0.3) is 0 Å². The number of fused-ring (bicyclic) bond motifs is 1. The summed E-state index contributed by atoms with van der Waals surface area (Å²) in [6.45, 7) is 3.95. The van der Waals surface area contributed by atoms with Gasteiger partial charge in [0.2, 0.25) is 0 Å². The van der Waals surface area contributed by atoms with Crippen molar-refractivity contribution in [3.8, 4) is 0 Å². The molecule has 5 heteroatoms. The monoisotopic (exact) mass is 280 g/mol. The van der Waals surface area contributed by atoms with Gasteiger partial charge in [0.25, 0.3) is 0 Å². The Morgan fingerprint density at radius 2 is 1.79 bits per heavy atom. The molecule has 3 rings (SSSR count). The van der Waals surface area contributed by atoms with Crippen LogP contribution in [0.2, 0.25) is 0 Å². The van der Waals surface area contributed by atoms with Crippen LogP contribution < -0.4 is 4.31 Å². The topological polar surface area (TPSA) is 40.6 Å². The van der Waals surface area contributed by atoms with Crippen molar-refractivity contribution in [2.45, 2.75) is 32.6 Å². The third-order valence-corrected chi connectivity index (χ3v) is 5.94. The molecule has 19 heavy (non-hydrogen) atoms. The molecule has 0 aromatic heterocycles. The van der Waals surface area contributed by atoms with Gasteiger partial charge < -0.3 is 0 Å². The maximum atomic E-state index is 12.7. The Labute approximate surface area is 115 Å². The highest BCUT2D eigenvalue weighted by Crippen LogP contribution is 2.32. The molecule has 0 radical (unpaired) electrons. The predicted octanol–water partition coefficient (Wildman–Crippen LogP) is 2.09. The van der Waals surface area contributed by atoms with E-state index in [1.54, 1.807) is 8.61 Å². The van der Waals surface area contributed by atoms with Crippen LogP contribution in [-0.4, -0.2) is 32.4 Å². The van der Waals surface area contributed by atoms with Crippen LogP contribution in [0.15, 0.2) is 18.2 Å². The normalized spacial score (nSPS) is 20.6. The van der Waals surface area contributed by atoms with E-state index in [9.17, 15) is 8.42 Å². The van der Waals surface area contributed by atoms with Crippen molar-refractivity contribution in [1.82, 2.24) is 4.31 Å². The Kier molecular flexibility index (Phi) is 3.27. The third-order valence-electron chi connectivity index (χ3n) is 3.99. The van der Waals surface area contributed by atoms with Gasteiger partial charge in [-0.05, 0) is 49.8 Å². The fourth-order valence-corrected chi connectivity index (χ4v) is 4.73. The van der Waals surface area contributed by atoms with Crippen LogP contribution in [0.4, 0.5) is 5.69 Å². The lowest BCUT2D eigenvalue weighted by molar-refractivity contribution is 0.471. The Morgan fingerprint density at radius 3 is 2.53 bits per heavy atom. The zero-order valence-electron chi connectivity index (χ0n) is 11.3. The van der Waals surface area contributed by atoms with Gasteiger partial charge in [-0.15, -0.1) is 0 Å². The van der Waals surface area contributed by atoms with Gasteiger partial charge in [0.15, 0.2) is 0 Å². The summed E-state index contributed by atoms with van der Waals surface area (Å²) < 4.78 is 28.7. The minimum Gasteiger partial charge on any atom is -0.257 e. The Balaban J connectivity index is 2.01. The van der Waals surface area contributed by atoms with Crippen LogP contribution >= 0.6 is 0 Å². The first-order chi connectivity index (χ1) is 9.09. The van der Waals surface area contributed by atoms with Crippen molar-refractivity contribution in [3.63, 3.8) is 0 Å². The van der Waals surface area contributed by atoms with Gasteiger partial charge in [-0.25, -0.2) is 0 Å². The molecule has 2 heterocycles. The fraction of sp³-hybridized carbons (Fsp3) is 0.571.